The summed E-state index contributed by atoms with van der Waals surface area (Å²) in [5, 5.41) is 5.73. The number of aryl methyl sites for hydroxylation is 1. The predicted molar refractivity (Wildman–Crippen MR) is 129 cm³/mol. The monoisotopic (exact) mass is 439 g/mol. The van der Waals surface area contributed by atoms with E-state index >= 15 is 0 Å². The predicted octanol–water partition coefficient (Wildman–Crippen LogP) is 6.32. The highest BCUT2D eigenvalue weighted by Gasteiger charge is 2.13. The number of aromatic nitrogens is 3. The number of anilines is 2. The molecule has 0 fully saturated rings. The van der Waals surface area contributed by atoms with E-state index in [1.165, 1.54) is 0 Å². The maximum atomic E-state index is 12.8. The molecule has 0 spiro atoms. The third kappa shape index (κ3) is 6.13. The van der Waals surface area contributed by atoms with Crippen LogP contribution in [0.4, 0.5) is 16.2 Å². The van der Waals surface area contributed by atoms with Gasteiger partial charge in [0.25, 0.3) is 0 Å². The Morgan fingerprint density at radius 3 is 2.58 bits per heavy atom. The van der Waals surface area contributed by atoms with Gasteiger partial charge in [-0.15, -0.1) is 0 Å². The molecule has 2 aromatic carbocycles. The van der Waals surface area contributed by atoms with Gasteiger partial charge in [-0.2, -0.15) is 0 Å². The van der Waals surface area contributed by atoms with E-state index in [9.17, 15) is 4.79 Å². The molecule has 0 radical (unpaired) electrons. The Labute approximate surface area is 192 Å². The molecule has 4 rings (SSSR count). The lowest BCUT2D eigenvalue weighted by Crippen LogP contribution is -2.20. The van der Waals surface area contributed by atoms with Crippen molar-refractivity contribution in [1.82, 2.24) is 15.0 Å². The standard InChI is InChI=1S/C26H25N5O2/c1-2-3-14-24-28-18-23(25(31-24)19-9-5-4-6-10-19)30-26(32)29-20-11-7-12-21(16-20)33-22-13-8-15-27-17-22/h4-13,15-18H,2-3,14H2,1H3,(H2,29,30,32). The molecule has 33 heavy (non-hydrogen) atoms. The molecule has 4 aromatic rings. The van der Waals surface area contributed by atoms with E-state index in [1.54, 1.807) is 36.8 Å². The highest BCUT2D eigenvalue weighted by Crippen LogP contribution is 2.27. The van der Waals surface area contributed by atoms with Crippen LogP contribution in [0.1, 0.15) is 25.6 Å². The molecule has 2 heterocycles. The molecular formula is C26H25N5O2. The van der Waals surface area contributed by atoms with Crippen LogP contribution in [-0.2, 0) is 6.42 Å². The quantitative estimate of drug-likeness (QED) is 0.335. The van der Waals surface area contributed by atoms with Crippen LogP contribution in [0.3, 0.4) is 0 Å². The van der Waals surface area contributed by atoms with Crippen molar-refractivity contribution in [2.45, 2.75) is 26.2 Å². The first-order valence-corrected chi connectivity index (χ1v) is 10.9. The maximum Gasteiger partial charge on any atom is 0.323 e. The number of amides is 2. The normalized spacial score (nSPS) is 10.5. The average molecular weight is 440 g/mol. The van der Waals surface area contributed by atoms with Gasteiger partial charge in [0.1, 0.15) is 17.3 Å². The second kappa shape index (κ2) is 10.9. The fourth-order valence-electron chi connectivity index (χ4n) is 3.25. The number of unbranched alkanes of at least 4 members (excludes halogenated alkanes) is 1. The zero-order valence-corrected chi connectivity index (χ0v) is 18.4. The molecule has 166 valence electrons. The largest absolute Gasteiger partial charge is 0.456 e. The van der Waals surface area contributed by atoms with Crippen LogP contribution in [0.2, 0.25) is 0 Å². The summed E-state index contributed by atoms with van der Waals surface area (Å²) in [6.45, 7) is 2.13. The van der Waals surface area contributed by atoms with E-state index in [0.717, 1.165) is 30.7 Å². The highest BCUT2D eigenvalue weighted by molar-refractivity contribution is 6.01. The van der Waals surface area contributed by atoms with E-state index in [1.807, 2.05) is 48.5 Å². The third-order valence-electron chi connectivity index (χ3n) is 4.85. The summed E-state index contributed by atoms with van der Waals surface area (Å²) < 4.78 is 5.79. The Bertz CT molecular complexity index is 1200. The van der Waals surface area contributed by atoms with Gasteiger partial charge in [0.2, 0.25) is 0 Å². The fourth-order valence-corrected chi connectivity index (χ4v) is 3.25. The van der Waals surface area contributed by atoms with Gasteiger partial charge in [0.05, 0.1) is 23.8 Å². The van der Waals surface area contributed by atoms with Gasteiger partial charge in [0.15, 0.2) is 0 Å². The number of hydrogen-bond acceptors (Lipinski definition) is 5. The van der Waals surface area contributed by atoms with E-state index in [2.05, 4.69) is 27.5 Å². The smallest absolute Gasteiger partial charge is 0.323 e. The Balaban J connectivity index is 1.50. The summed E-state index contributed by atoms with van der Waals surface area (Å²) in [7, 11) is 0. The van der Waals surface area contributed by atoms with Gasteiger partial charge in [-0.3, -0.25) is 4.98 Å². The SMILES string of the molecule is CCCCc1ncc(NC(=O)Nc2cccc(Oc3cccnc3)c2)c(-c2ccccc2)n1. The van der Waals surface area contributed by atoms with Gasteiger partial charge in [-0.25, -0.2) is 14.8 Å². The summed E-state index contributed by atoms with van der Waals surface area (Å²) >= 11 is 0. The third-order valence-corrected chi connectivity index (χ3v) is 4.85. The van der Waals surface area contributed by atoms with Crippen LogP contribution in [0.25, 0.3) is 11.3 Å². The molecule has 2 amide bonds. The van der Waals surface area contributed by atoms with Crippen molar-refractivity contribution in [3.63, 3.8) is 0 Å². The number of pyridine rings is 1. The zero-order valence-electron chi connectivity index (χ0n) is 18.4. The van der Waals surface area contributed by atoms with Crippen LogP contribution in [0, 0.1) is 0 Å². The van der Waals surface area contributed by atoms with Crippen molar-refractivity contribution in [3.05, 3.63) is 91.1 Å². The van der Waals surface area contributed by atoms with Crippen molar-refractivity contribution >= 4 is 17.4 Å². The lowest BCUT2D eigenvalue weighted by molar-refractivity contribution is 0.262. The molecule has 0 aliphatic rings. The molecule has 2 aromatic heterocycles. The van der Waals surface area contributed by atoms with Gasteiger partial charge in [0, 0.05) is 29.9 Å². The van der Waals surface area contributed by atoms with Gasteiger partial charge >= 0.3 is 6.03 Å². The number of ether oxygens (including phenoxy) is 1. The minimum atomic E-state index is -0.393. The Hall–Kier alpha value is -4.26. The van der Waals surface area contributed by atoms with Crippen LogP contribution in [0.15, 0.2) is 85.3 Å². The summed E-state index contributed by atoms with van der Waals surface area (Å²) in [6, 6.07) is 20.1. The number of benzene rings is 2. The molecule has 7 heteroatoms. The van der Waals surface area contributed by atoms with Crippen molar-refractivity contribution in [2.24, 2.45) is 0 Å². The van der Waals surface area contributed by atoms with Crippen LogP contribution >= 0.6 is 0 Å². The topological polar surface area (TPSA) is 89.0 Å². The summed E-state index contributed by atoms with van der Waals surface area (Å²) in [6.07, 6.45) is 7.85. The summed E-state index contributed by atoms with van der Waals surface area (Å²) in [5.41, 5.74) is 2.75. The molecule has 0 bridgehead atoms. The number of carbonyl (C=O) groups excluding carboxylic acids is 1. The first-order chi connectivity index (χ1) is 16.2. The van der Waals surface area contributed by atoms with E-state index < -0.39 is 6.03 Å². The van der Waals surface area contributed by atoms with Gasteiger partial charge < -0.3 is 15.4 Å². The van der Waals surface area contributed by atoms with Crippen molar-refractivity contribution in [2.75, 3.05) is 10.6 Å². The van der Waals surface area contributed by atoms with Crippen LogP contribution in [-0.4, -0.2) is 21.0 Å². The molecule has 0 saturated carbocycles. The van der Waals surface area contributed by atoms with Crippen molar-refractivity contribution in [3.8, 4) is 22.8 Å². The molecule has 0 aliphatic heterocycles. The summed E-state index contributed by atoms with van der Waals surface area (Å²) in [4.78, 5) is 26.0. The molecule has 0 aliphatic carbocycles. The van der Waals surface area contributed by atoms with E-state index in [-0.39, 0.29) is 0 Å². The highest BCUT2D eigenvalue weighted by atomic mass is 16.5. The maximum absolute atomic E-state index is 12.8. The van der Waals surface area contributed by atoms with E-state index in [4.69, 9.17) is 9.72 Å². The summed E-state index contributed by atoms with van der Waals surface area (Å²) in [5.74, 6) is 1.98. The Morgan fingerprint density at radius 2 is 1.79 bits per heavy atom. The molecule has 0 saturated heterocycles. The van der Waals surface area contributed by atoms with Gasteiger partial charge in [-0.1, -0.05) is 49.7 Å². The number of nitrogens with zero attached hydrogens (tertiary/aromatic N) is 3. The Kier molecular flexibility index (Phi) is 7.22. The molecular weight excluding hydrogens is 414 g/mol. The van der Waals surface area contributed by atoms with Crippen LogP contribution in [0.5, 0.6) is 11.5 Å². The average Bonchev–Trinajstić information content (AvgIpc) is 2.85. The number of hydrogen-bond donors (Lipinski definition) is 2. The zero-order chi connectivity index (χ0) is 22.9. The van der Waals surface area contributed by atoms with Crippen molar-refractivity contribution in [1.29, 1.82) is 0 Å². The molecule has 0 unspecified atom stereocenters. The minimum absolute atomic E-state index is 0.393. The lowest BCUT2D eigenvalue weighted by atomic mass is 10.1. The fraction of sp³-hybridized carbons (Fsp3) is 0.154. The lowest BCUT2D eigenvalue weighted by Gasteiger charge is -2.13. The number of carbonyl (C=O) groups is 1. The number of rotatable bonds is 8. The molecule has 7 nitrogen and oxygen atoms in total. The first kappa shape index (κ1) is 22.0. The molecule has 0 atom stereocenters. The second-order valence-corrected chi connectivity index (χ2v) is 7.42. The second-order valence-electron chi connectivity index (χ2n) is 7.42. The van der Waals surface area contributed by atoms with Crippen LogP contribution < -0.4 is 15.4 Å². The first-order valence-electron chi connectivity index (χ1n) is 10.9. The minimum Gasteiger partial charge on any atom is -0.456 e. The number of urea groups is 1. The Morgan fingerprint density at radius 1 is 0.939 bits per heavy atom. The number of nitrogens with one attached hydrogen (secondary N) is 2. The van der Waals surface area contributed by atoms with Gasteiger partial charge in [-0.05, 0) is 30.7 Å². The molecule has 2 N–H and O–H groups in total. The van der Waals surface area contributed by atoms with Crippen molar-refractivity contribution < 1.29 is 9.53 Å². The van der Waals surface area contributed by atoms with E-state index in [0.29, 0.717) is 28.6 Å².